The van der Waals surface area contributed by atoms with E-state index in [4.69, 9.17) is 0 Å². The molecule has 0 atom stereocenters. The summed E-state index contributed by atoms with van der Waals surface area (Å²) in [6.07, 6.45) is 26.0. The van der Waals surface area contributed by atoms with E-state index in [1.165, 1.54) is 18.2 Å². The Balaban J connectivity index is -0.000000113. The first-order valence-corrected chi connectivity index (χ1v) is 22.5. The maximum absolute atomic E-state index is 3.92. The van der Waals surface area contributed by atoms with Crippen LogP contribution in [-0.2, 0) is 7.05 Å². The van der Waals surface area contributed by atoms with Gasteiger partial charge in [0.1, 0.15) is 25.5 Å². The molecule has 0 unspecified atom stereocenters. The van der Waals surface area contributed by atoms with Crippen LogP contribution in [0.2, 0.25) is 0 Å². The third-order valence-electron chi connectivity index (χ3n) is 5.39. The molecule has 0 bridgehead atoms. The lowest BCUT2D eigenvalue weighted by Crippen LogP contribution is -2.25. The smallest absolute Gasteiger partial charge is 0.168 e. The zero-order valence-electron chi connectivity index (χ0n) is 44.0. The summed E-state index contributed by atoms with van der Waals surface area (Å²) in [5.41, 5.74) is 6.49. The largest absolute Gasteiger partial charge is 0.261 e. The highest BCUT2D eigenvalue weighted by Crippen LogP contribution is 1.88. The Morgan fingerprint density at radius 3 is 1.14 bits per heavy atom. The van der Waals surface area contributed by atoms with Crippen LogP contribution in [0, 0.1) is 48.5 Å². The van der Waals surface area contributed by atoms with E-state index in [1.54, 1.807) is 74.2 Å². The van der Waals surface area contributed by atoms with Crippen molar-refractivity contribution in [3.05, 3.63) is 175 Å². The zero-order chi connectivity index (χ0) is 50.7. The number of rotatable bonds is 0. The van der Waals surface area contributed by atoms with Gasteiger partial charge in [0.15, 0.2) is 12.4 Å². The minimum absolute atomic E-state index is 0.822. The van der Waals surface area contributed by atoms with E-state index in [1.807, 2.05) is 187 Å². The molecule has 7 aromatic rings. The highest BCUT2D eigenvalue weighted by atomic mass is 15.1. The van der Waals surface area contributed by atoms with Crippen molar-refractivity contribution in [3.8, 4) is 0 Å². The summed E-state index contributed by atoms with van der Waals surface area (Å²) in [5, 5.41) is 14.6. The van der Waals surface area contributed by atoms with Gasteiger partial charge in [-0.3, -0.25) is 9.97 Å². The normalized spacial score (nSPS) is 7.53. The Kier molecular flexibility index (Phi) is 74.1. The van der Waals surface area contributed by atoms with Crippen molar-refractivity contribution in [2.45, 2.75) is 145 Å². The molecule has 0 aromatic carbocycles. The molecule has 7 rings (SSSR count). The van der Waals surface area contributed by atoms with Crippen molar-refractivity contribution in [2.75, 3.05) is 0 Å². The van der Waals surface area contributed by atoms with E-state index in [-0.39, 0.29) is 0 Å². The van der Waals surface area contributed by atoms with Gasteiger partial charge in [0.25, 0.3) is 0 Å². The zero-order valence-corrected chi connectivity index (χ0v) is 44.0. The number of aryl methyl sites for hydroxylation is 8. The summed E-state index contributed by atoms with van der Waals surface area (Å²) in [4.78, 5) is 30.6. The molecule has 0 aliphatic heterocycles. The van der Waals surface area contributed by atoms with Gasteiger partial charge < -0.3 is 0 Å². The summed E-state index contributed by atoms with van der Waals surface area (Å²) in [6, 6.07) is 13.5. The lowest BCUT2D eigenvalue weighted by atomic mass is 10.3. The van der Waals surface area contributed by atoms with Crippen molar-refractivity contribution >= 4 is 0 Å². The molecule has 7 aromatic heterocycles. The third-order valence-corrected chi connectivity index (χ3v) is 5.39. The van der Waals surface area contributed by atoms with Gasteiger partial charge in [-0.05, 0) is 95.5 Å². The van der Waals surface area contributed by atoms with E-state index < -0.39 is 0 Å². The van der Waals surface area contributed by atoms with Gasteiger partial charge in [-0.2, -0.15) is 20.4 Å². The number of nitrogens with zero attached hydrogens (tertiary/aromatic N) is 13. The summed E-state index contributed by atoms with van der Waals surface area (Å²) in [6.45, 7) is 41.6. The molecule has 13 heteroatoms. The van der Waals surface area contributed by atoms with E-state index in [9.17, 15) is 0 Å². The van der Waals surface area contributed by atoms with Crippen molar-refractivity contribution in [1.29, 1.82) is 0 Å². The number of pyridine rings is 1. The Morgan fingerprint density at radius 2 is 0.906 bits per heavy atom. The molecule has 7 heterocycles. The number of hydrogen-bond donors (Lipinski definition) is 0. The molecular formula is C51H88N13+. The maximum Gasteiger partial charge on any atom is 0.168 e. The summed E-state index contributed by atoms with van der Waals surface area (Å²) < 4.78 is 2.02. The molecule has 0 saturated carbocycles. The Morgan fingerprint density at radius 1 is 0.344 bits per heavy atom. The SMILES string of the molecule is CC.CC.CC.CC.CC.CC.CC.Cc1cc[n+](C)cc1.Cc1cccnn1.Cc1ccncn1.Cc1ccnnc1.Cc1cnccn1.Cc1cncnc1.Cc1ncccn1. The second kappa shape index (κ2) is 65.7. The first-order chi connectivity index (χ1) is 31.2. The summed E-state index contributed by atoms with van der Waals surface area (Å²) in [7, 11) is 2.01. The van der Waals surface area contributed by atoms with Crippen LogP contribution in [0.4, 0.5) is 0 Å². The molecule has 0 N–H and O–H groups in total. The summed E-state index contributed by atoms with van der Waals surface area (Å²) >= 11 is 0. The Labute approximate surface area is 391 Å². The molecule has 64 heavy (non-hydrogen) atoms. The average Bonchev–Trinajstić information content (AvgIpc) is 3.37. The van der Waals surface area contributed by atoms with Gasteiger partial charge in [0.05, 0.1) is 17.6 Å². The first-order valence-electron chi connectivity index (χ1n) is 22.5. The van der Waals surface area contributed by atoms with Gasteiger partial charge in [-0.25, -0.2) is 34.5 Å². The van der Waals surface area contributed by atoms with Crippen molar-refractivity contribution < 1.29 is 4.57 Å². The summed E-state index contributed by atoms with van der Waals surface area (Å²) in [5.74, 6) is 0.822. The van der Waals surface area contributed by atoms with Crippen LogP contribution >= 0.6 is 0 Å². The second-order valence-corrected chi connectivity index (χ2v) is 10.2. The first kappa shape index (κ1) is 72.1. The topological polar surface area (TPSA) is 159 Å². The van der Waals surface area contributed by atoms with Crippen LogP contribution in [-0.4, -0.2) is 60.3 Å². The minimum Gasteiger partial charge on any atom is -0.261 e. The van der Waals surface area contributed by atoms with E-state index >= 15 is 0 Å². The number of aromatic nitrogens is 13. The Hall–Kier alpha value is -6.37. The van der Waals surface area contributed by atoms with Gasteiger partial charge >= 0.3 is 0 Å². The fourth-order valence-corrected chi connectivity index (χ4v) is 2.79. The molecule has 356 valence electrons. The highest BCUT2D eigenvalue weighted by molar-refractivity contribution is 5.03. The average molecular weight is 883 g/mol. The second-order valence-electron chi connectivity index (χ2n) is 10.2. The maximum atomic E-state index is 3.92. The van der Waals surface area contributed by atoms with Crippen LogP contribution in [0.3, 0.4) is 0 Å². The molecule has 0 aliphatic rings. The van der Waals surface area contributed by atoms with Crippen molar-refractivity contribution in [1.82, 2.24) is 60.3 Å². The minimum atomic E-state index is 0.822. The van der Waals surface area contributed by atoms with E-state index in [0.29, 0.717) is 0 Å². The van der Waals surface area contributed by atoms with Crippen molar-refractivity contribution in [2.24, 2.45) is 7.05 Å². The lowest BCUT2D eigenvalue weighted by molar-refractivity contribution is -0.671. The predicted molar refractivity (Wildman–Crippen MR) is 272 cm³/mol. The van der Waals surface area contributed by atoms with Crippen LogP contribution in [0.25, 0.3) is 0 Å². The van der Waals surface area contributed by atoms with Gasteiger partial charge in [-0.15, -0.1) is 0 Å². The molecule has 0 amide bonds. The molecule has 0 radical (unpaired) electrons. The molecule has 13 nitrogen and oxygen atoms in total. The Bertz CT molecular complexity index is 1430. The standard InChI is InChI=1S/C7H10N.6C5H6N2.7C2H6/c1-7-3-5-8(2)6-4-7;1-5-2-6-4-7-3-5;1-5-4-6-2-3-7-5;1-5-2-3-6-4-7-5;1-5-2-3-6-7-4-5;1-5-6-3-2-4-7-5;1-5-3-2-4-6-7-5;7*1-2/h3-6H,1-2H3;6*2-4H,1H3;7*1-2H3/q+1;;;;;;;;;;;;;. The molecule has 0 fully saturated rings. The molecular weight excluding hydrogens is 795 g/mol. The highest BCUT2D eigenvalue weighted by Gasteiger charge is 1.86. The fourth-order valence-electron chi connectivity index (χ4n) is 2.79. The fraction of sp³-hybridized carbons (Fsp3) is 0.431. The van der Waals surface area contributed by atoms with Crippen LogP contribution in [0.15, 0.2) is 136 Å². The van der Waals surface area contributed by atoms with Gasteiger partial charge in [0.2, 0.25) is 0 Å². The van der Waals surface area contributed by atoms with Crippen molar-refractivity contribution in [3.63, 3.8) is 0 Å². The quantitative estimate of drug-likeness (QED) is 0.133. The molecule has 0 aliphatic carbocycles. The molecule has 0 spiro atoms. The van der Waals surface area contributed by atoms with E-state index in [0.717, 1.165) is 34.0 Å². The van der Waals surface area contributed by atoms with Crippen LogP contribution in [0.1, 0.15) is 137 Å². The van der Waals surface area contributed by atoms with Crippen LogP contribution in [0.5, 0.6) is 0 Å². The number of hydrogen-bond acceptors (Lipinski definition) is 12. The van der Waals surface area contributed by atoms with Gasteiger partial charge in [0, 0.05) is 79.8 Å². The molecule has 0 saturated heterocycles. The monoisotopic (exact) mass is 883 g/mol. The van der Waals surface area contributed by atoms with Gasteiger partial charge in [-0.1, -0.05) is 96.9 Å². The van der Waals surface area contributed by atoms with E-state index in [2.05, 4.69) is 79.3 Å². The predicted octanol–water partition coefficient (Wildman–Crippen LogP) is 12.7. The third kappa shape index (κ3) is 62.3. The lowest BCUT2D eigenvalue weighted by Gasteiger charge is -1.85. The van der Waals surface area contributed by atoms with Crippen LogP contribution < -0.4 is 4.57 Å².